The Morgan fingerprint density at radius 2 is 1.89 bits per heavy atom. The first kappa shape index (κ1) is 14.7. The molecule has 4 nitrogen and oxygen atoms in total. The van der Waals surface area contributed by atoms with Gasteiger partial charge >= 0.3 is 6.18 Å². The second-order valence-electron chi connectivity index (χ2n) is 3.28. The Kier molecular flexibility index (Phi) is 5.39. The van der Waals surface area contributed by atoms with Gasteiger partial charge < -0.3 is 5.32 Å². The zero-order valence-electron chi connectivity index (χ0n) is 9.05. The van der Waals surface area contributed by atoms with Crippen LogP contribution in [0.5, 0.6) is 0 Å². The van der Waals surface area contributed by atoms with E-state index >= 15 is 0 Å². The van der Waals surface area contributed by atoms with Crippen molar-refractivity contribution in [3.63, 3.8) is 0 Å². The van der Waals surface area contributed by atoms with Crippen LogP contribution in [-0.2, 0) is 9.63 Å². The minimum Gasteiger partial charge on any atom is -0.325 e. The van der Waals surface area contributed by atoms with Crippen LogP contribution in [0.4, 0.5) is 18.9 Å². The zero-order chi connectivity index (χ0) is 13.6. The molecule has 0 aliphatic rings. The predicted octanol–water partition coefficient (Wildman–Crippen LogP) is 2.36. The summed E-state index contributed by atoms with van der Waals surface area (Å²) in [7, 11) is 0. The third kappa shape index (κ3) is 6.43. The lowest BCUT2D eigenvalue weighted by molar-refractivity contribution is -0.189. The lowest BCUT2D eigenvalue weighted by Gasteiger charge is -2.09. The van der Waals surface area contributed by atoms with Crippen LogP contribution < -0.4 is 10.8 Å². The minimum atomic E-state index is -4.43. The standard InChI is InChI=1S/C10H10ClF3N2O2/c11-7-1-3-8(4-2-7)16-9(17)5-15-18-6-10(12,13)14/h1-4,15H,5-6H2,(H,16,17). The zero-order valence-corrected chi connectivity index (χ0v) is 9.81. The van der Waals surface area contributed by atoms with E-state index in [4.69, 9.17) is 11.6 Å². The van der Waals surface area contributed by atoms with Crippen LogP contribution in [0.3, 0.4) is 0 Å². The topological polar surface area (TPSA) is 50.4 Å². The molecule has 0 aliphatic carbocycles. The van der Waals surface area contributed by atoms with Gasteiger partial charge in [0, 0.05) is 10.7 Å². The van der Waals surface area contributed by atoms with Gasteiger partial charge in [-0.05, 0) is 24.3 Å². The summed E-state index contributed by atoms with van der Waals surface area (Å²) in [5, 5.41) is 2.96. The van der Waals surface area contributed by atoms with Gasteiger partial charge in [-0.2, -0.15) is 18.7 Å². The van der Waals surface area contributed by atoms with Crippen molar-refractivity contribution in [2.45, 2.75) is 6.18 Å². The Balaban J connectivity index is 2.24. The maximum atomic E-state index is 11.7. The molecule has 8 heteroatoms. The summed E-state index contributed by atoms with van der Waals surface area (Å²) < 4.78 is 35.1. The number of hydrogen-bond donors (Lipinski definition) is 2. The van der Waals surface area contributed by atoms with Gasteiger partial charge in [0.1, 0.15) is 6.54 Å². The van der Waals surface area contributed by atoms with Crippen molar-refractivity contribution < 1.29 is 22.8 Å². The number of amides is 1. The van der Waals surface area contributed by atoms with E-state index < -0.39 is 25.2 Å². The maximum Gasteiger partial charge on any atom is 0.413 e. The van der Waals surface area contributed by atoms with Crippen molar-refractivity contribution in [2.24, 2.45) is 0 Å². The maximum absolute atomic E-state index is 11.7. The fourth-order valence-electron chi connectivity index (χ4n) is 0.988. The summed E-state index contributed by atoms with van der Waals surface area (Å²) >= 11 is 5.64. The smallest absolute Gasteiger partial charge is 0.325 e. The molecule has 0 aliphatic heterocycles. The summed E-state index contributed by atoms with van der Waals surface area (Å²) in [6, 6.07) is 6.28. The summed E-state index contributed by atoms with van der Waals surface area (Å²) in [4.78, 5) is 15.3. The molecule has 0 bridgehead atoms. The second kappa shape index (κ2) is 6.58. The number of rotatable bonds is 5. The molecule has 0 saturated heterocycles. The van der Waals surface area contributed by atoms with Gasteiger partial charge in [0.25, 0.3) is 0 Å². The third-order valence-electron chi connectivity index (χ3n) is 1.70. The Hall–Kier alpha value is -1.31. The summed E-state index contributed by atoms with van der Waals surface area (Å²) in [5.74, 6) is -0.528. The number of hydrogen-bond acceptors (Lipinski definition) is 3. The van der Waals surface area contributed by atoms with Crippen LogP contribution in [0, 0.1) is 0 Å². The van der Waals surface area contributed by atoms with Gasteiger partial charge in [0.05, 0.1) is 0 Å². The molecule has 0 saturated carbocycles. The Morgan fingerprint density at radius 1 is 1.28 bits per heavy atom. The van der Waals surface area contributed by atoms with Gasteiger partial charge in [-0.15, -0.1) is 0 Å². The van der Waals surface area contributed by atoms with Crippen molar-refractivity contribution in [2.75, 3.05) is 18.5 Å². The number of anilines is 1. The second-order valence-corrected chi connectivity index (χ2v) is 3.72. The highest BCUT2D eigenvalue weighted by Crippen LogP contribution is 2.14. The van der Waals surface area contributed by atoms with Crippen LogP contribution in [-0.4, -0.2) is 25.2 Å². The highest BCUT2D eigenvalue weighted by Gasteiger charge is 2.27. The number of hydroxylamine groups is 1. The van der Waals surface area contributed by atoms with E-state index in [1.807, 2.05) is 5.48 Å². The van der Waals surface area contributed by atoms with Crippen LogP contribution in [0.1, 0.15) is 0 Å². The molecule has 1 amide bonds. The van der Waals surface area contributed by atoms with E-state index in [0.29, 0.717) is 10.7 Å². The molecule has 0 radical (unpaired) electrons. The normalized spacial score (nSPS) is 11.3. The van der Waals surface area contributed by atoms with E-state index in [1.165, 1.54) is 0 Å². The molecule has 0 heterocycles. The molecule has 0 aromatic heterocycles. The molecular formula is C10H10ClF3N2O2. The van der Waals surface area contributed by atoms with Crippen LogP contribution in [0.2, 0.25) is 5.02 Å². The monoisotopic (exact) mass is 282 g/mol. The number of nitrogens with one attached hydrogen (secondary N) is 2. The molecule has 1 rings (SSSR count). The highest BCUT2D eigenvalue weighted by molar-refractivity contribution is 6.30. The predicted molar refractivity (Wildman–Crippen MR) is 60.1 cm³/mol. The van der Waals surface area contributed by atoms with Crippen LogP contribution >= 0.6 is 11.6 Å². The molecule has 0 unspecified atom stereocenters. The molecule has 0 spiro atoms. The Bertz CT molecular complexity index is 395. The number of alkyl halides is 3. The molecule has 0 atom stereocenters. The third-order valence-corrected chi connectivity index (χ3v) is 1.95. The van der Waals surface area contributed by atoms with E-state index in [2.05, 4.69) is 10.2 Å². The van der Waals surface area contributed by atoms with Gasteiger partial charge in [-0.25, -0.2) is 0 Å². The molecule has 2 N–H and O–H groups in total. The molecule has 0 fully saturated rings. The Morgan fingerprint density at radius 3 is 2.44 bits per heavy atom. The van der Waals surface area contributed by atoms with Crippen molar-refractivity contribution in [1.29, 1.82) is 0 Å². The van der Waals surface area contributed by atoms with E-state index in [1.54, 1.807) is 24.3 Å². The fraction of sp³-hybridized carbons (Fsp3) is 0.300. The van der Waals surface area contributed by atoms with Crippen molar-refractivity contribution in [1.82, 2.24) is 5.48 Å². The summed E-state index contributed by atoms with van der Waals surface area (Å²) in [6.07, 6.45) is -4.43. The van der Waals surface area contributed by atoms with Gasteiger partial charge in [-0.3, -0.25) is 9.63 Å². The summed E-state index contributed by atoms with van der Waals surface area (Å²) in [5.41, 5.74) is 2.40. The molecule has 100 valence electrons. The number of halogens is 4. The van der Waals surface area contributed by atoms with E-state index in [9.17, 15) is 18.0 Å². The van der Waals surface area contributed by atoms with Gasteiger partial charge in [-0.1, -0.05) is 11.6 Å². The first-order valence-corrected chi connectivity index (χ1v) is 5.21. The first-order valence-electron chi connectivity index (χ1n) is 4.83. The van der Waals surface area contributed by atoms with Crippen molar-refractivity contribution >= 4 is 23.2 Å². The molecule has 18 heavy (non-hydrogen) atoms. The largest absolute Gasteiger partial charge is 0.413 e. The number of carbonyl (C=O) groups excluding carboxylic acids is 1. The van der Waals surface area contributed by atoms with Crippen molar-refractivity contribution in [3.05, 3.63) is 29.3 Å². The average molecular weight is 283 g/mol. The molecular weight excluding hydrogens is 273 g/mol. The van der Waals surface area contributed by atoms with E-state index in [-0.39, 0.29) is 0 Å². The highest BCUT2D eigenvalue weighted by atomic mass is 35.5. The number of carbonyl (C=O) groups is 1. The van der Waals surface area contributed by atoms with Crippen molar-refractivity contribution in [3.8, 4) is 0 Å². The minimum absolute atomic E-state index is 0.390. The lowest BCUT2D eigenvalue weighted by Crippen LogP contribution is -2.31. The van der Waals surface area contributed by atoms with Crippen LogP contribution in [0.25, 0.3) is 0 Å². The number of benzene rings is 1. The van der Waals surface area contributed by atoms with Gasteiger partial charge in [0.15, 0.2) is 6.61 Å². The Labute approximate surface area is 106 Å². The fourth-order valence-corrected chi connectivity index (χ4v) is 1.11. The first-order chi connectivity index (χ1) is 8.37. The average Bonchev–Trinajstić information content (AvgIpc) is 2.26. The van der Waals surface area contributed by atoms with Crippen LogP contribution in [0.15, 0.2) is 24.3 Å². The molecule has 1 aromatic carbocycles. The summed E-state index contributed by atoms with van der Waals surface area (Å²) in [6.45, 7) is -1.85. The SMILES string of the molecule is O=C(CNOCC(F)(F)F)Nc1ccc(Cl)cc1. The lowest BCUT2D eigenvalue weighted by atomic mass is 10.3. The van der Waals surface area contributed by atoms with Gasteiger partial charge in [0.2, 0.25) is 5.91 Å². The van der Waals surface area contributed by atoms with E-state index in [0.717, 1.165) is 0 Å². The quantitative estimate of drug-likeness (QED) is 0.644. The molecule has 1 aromatic rings.